The Morgan fingerprint density at radius 1 is 1.21 bits per heavy atom. The summed E-state index contributed by atoms with van der Waals surface area (Å²) in [4.78, 5) is 17.9. The number of hydrogen-bond donors (Lipinski definition) is 1. The van der Waals surface area contributed by atoms with Crippen molar-refractivity contribution < 1.29 is 14.3 Å². The summed E-state index contributed by atoms with van der Waals surface area (Å²) >= 11 is 0. The molecule has 1 aromatic rings. The molecule has 0 spiro atoms. The molecule has 0 unspecified atom stereocenters. The lowest BCUT2D eigenvalue weighted by atomic mass is 10.4. The minimum atomic E-state index is -0.205. The van der Waals surface area contributed by atoms with Crippen molar-refractivity contribution in [3.8, 4) is 0 Å². The summed E-state index contributed by atoms with van der Waals surface area (Å²) in [5.41, 5.74) is 0. The number of H-pyrrole nitrogens is 1. The van der Waals surface area contributed by atoms with Crippen molar-refractivity contribution in [2.75, 3.05) is 39.5 Å². The Kier molecular flexibility index (Phi) is 7.06. The van der Waals surface area contributed by atoms with Gasteiger partial charge in [-0.15, -0.1) is 5.10 Å². The van der Waals surface area contributed by atoms with Crippen LogP contribution in [0, 0.1) is 6.92 Å². The van der Waals surface area contributed by atoms with Crippen molar-refractivity contribution >= 4 is 5.91 Å². The Bertz CT molecular complexity index is 371. The second-order valence-corrected chi connectivity index (χ2v) is 3.93. The smallest absolute Gasteiger partial charge is 0.293 e. The SMILES string of the molecule is CCOCCN(CCOCC)C(=O)c1n[nH]c(C)n1. The van der Waals surface area contributed by atoms with Gasteiger partial charge in [-0.1, -0.05) is 0 Å². The van der Waals surface area contributed by atoms with Crippen LogP contribution in [0.15, 0.2) is 0 Å². The molecule has 0 aromatic carbocycles. The number of nitrogens with zero attached hydrogens (tertiary/aromatic N) is 3. The van der Waals surface area contributed by atoms with Crippen molar-refractivity contribution in [1.29, 1.82) is 0 Å². The summed E-state index contributed by atoms with van der Waals surface area (Å²) in [5, 5.41) is 6.55. The zero-order valence-corrected chi connectivity index (χ0v) is 11.8. The van der Waals surface area contributed by atoms with E-state index in [4.69, 9.17) is 9.47 Å². The van der Waals surface area contributed by atoms with Gasteiger partial charge in [0.2, 0.25) is 5.82 Å². The molecular weight excluding hydrogens is 248 g/mol. The predicted molar refractivity (Wildman–Crippen MR) is 70.0 cm³/mol. The second kappa shape index (κ2) is 8.60. The van der Waals surface area contributed by atoms with Crippen LogP contribution in [0.4, 0.5) is 0 Å². The maximum Gasteiger partial charge on any atom is 0.293 e. The maximum atomic E-state index is 12.2. The van der Waals surface area contributed by atoms with E-state index >= 15 is 0 Å². The summed E-state index contributed by atoms with van der Waals surface area (Å²) in [5.74, 6) is 0.604. The number of nitrogens with one attached hydrogen (secondary N) is 1. The number of hydrogen-bond acceptors (Lipinski definition) is 5. The normalized spacial score (nSPS) is 10.7. The lowest BCUT2D eigenvalue weighted by Gasteiger charge is -2.20. The van der Waals surface area contributed by atoms with Crippen molar-refractivity contribution in [3.05, 3.63) is 11.6 Å². The summed E-state index contributed by atoms with van der Waals surface area (Å²) in [6.45, 7) is 8.88. The van der Waals surface area contributed by atoms with Crippen LogP contribution < -0.4 is 0 Å². The number of carbonyl (C=O) groups excluding carboxylic acids is 1. The Morgan fingerprint density at radius 2 is 1.79 bits per heavy atom. The summed E-state index contributed by atoms with van der Waals surface area (Å²) in [6.07, 6.45) is 0. The monoisotopic (exact) mass is 270 g/mol. The number of carbonyl (C=O) groups is 1. The Balaban J connectivity index is 2.57. The molecular formula is C12H22N4O3. The van der Waals surface area contributed by atoms with E-state index in [0.717, 1.165) is 0 Å². The summed E-state index contributed by atoms with van der Waals surface area (Å²) in [6, 6.07) is 0. The van der Waals surface area contributed by atoms with Gasteiger partial charge >= 0.3 is 0 Å². The van der Waals surface area contributed by atoms with Gasteiger partial charge in [0, 0.05) is 26.3 Å². The van der Waals surface area contributed by atoms with Crippen LogP contribution in [0.25, 0.3) is 0 Å². The zero-order valence-electron chi connectivity index (χ0n) is 11.8. The van der Waals surface area contributed by atoms with Gasteiger partial charge in [-0.05, 0) is 20.8 Å². The molecule has 1 heterocycles. The largest absolute Gasteiger partial charge is 0.380 e. The molecule has 0 bridgehead atoms. The summed E-state index contributed by atoms with van der Waals surface area (Å²) < 4.78 is 10.6. The van der Waals surface area contributed by atoms with Crippen LogP contribution >= 0.6 is 0 Å². The van der Waals surface area contributed by atoms with E-state index in [1.165, 1.54) is 0 Å². The van der Waals surface area contributed by atoms with Crippen LogP contribution in [0.1, 0.15) is 30.3 Å². The highest BCUT2D eigenvalue weighted by molar-refractivity contribution is 5.90. The topological polar surface area (TPSA) is 80.3 Å². The van der Waals surface area contributed by atoms with E-state index in [0.29, 0.717) is 45.3 Å². The molecule has 0 aliphatic heterocycles. The molecule has 108 valence electrons. The number of ether oxygens (including phenoxy) is 2. The number of amides is 1. The third kappa shape index (κ3) is 5.35. The van der Waals surface area contributed by atoms with Gasteiger partial charge in [0.1, 0.15) is 5.82 Å². The van der Waals surface area contributed by atoms with Crippen molar-refractivity contribution in [2.45, 2.75) is 20.8 Å². The third-order valence-electron chi connectivity index (χ3n) is 2.50. The molecule has 0 fully saturated rings. The first-order chi connectivity index (χ1) is 9.19. The van der Waals surface area contributed by atoms with Gasteiger partial charge in [-0.3, -0.25) is 9.89 Å². The van der Waals surface area contributed by atoms with Gasteiger partial charge in [0.05, 0.1) is 13.2 Å². The van der Waals surface area contributed by atoms with E-state index in [-0.39, 0.29) is 11.7 Å². The quantitative estimate of drug-likeness (QED) is 0.666. The van der Waals surface area contributed by atoms with Crippen LogP contribution in [0.2, 0.25) is 0 Å². The van der Waals surface area contributed by atoms with Crippen LogP contribution in [0.3, 0.4) is 0 Å². The first kappa shape index (κ1) is 15.6. The standard InChI is InChI=1S/C12H22N4O3/c1-4-18-8-6-16(7-9-19-5-2)12(17)11-13-10(3)14-15-11/h4-9H2,1-3H3,(H,13,14,15). The molecule has 7 heteroatoms. The third-order valence-corrected chi connectivity index (χ3v) is 2.50. The summed E-state index contributed by atoms with van der Waals surface area (Å²) in [7, 11) is 0. The highest BCUT2D eigenvalue weighted by Crippen LogP contribution is 2.00. The van der Waals surface area contributed by atoms with E-state index in [1.54, 1.807) is 11.8 Å². The molecule has 0 saturated carbocycles. The lowest BCUT2D eigenvalue weighted by molar-refractivity contribution is 0.0540. The first-order valence-electron chi connectivity index (χ1n) is 6.52. The van der Waals surface area contributed by atoms with Crippen LogP contribution in [0.5, 0.6) is 0 Å². The Labute approximate surface area is 113 Å². The fourth-order valence-corrected chi connectivity index (χ4v) is 1.53. The van der Waals surface area contributed by atoms with E-state index in [1.807, 2.05) is 13.8 Å². The molecule has 19 heavy (non-hydrogen) atoms. The average molecular weight is 270 g/mol. The maximum absolute atomic E-state index is 12.2. The van der Waals surface area contributed by atoms with Gasteiger partial charge in [0.25, 0.3) is 5.91 Å². The lowest BCUT2D eigenvalue weighted by Crippen LogP contribution is -2.37. The molecule has 1 aromatic heterocycles. The second-order valence-electron chi connectivity index (χ2n) is 3.93. The fraction of sp³-hybridized carbons (Fsp3) is 0.750. The number of aryl methyl sites for hydroxylation is 1. The fourth-order valence-electron chi connectivity index (χ4n) is 1.53. The predicted octanol–water partition coefficient (Wildman–Crippen LogP) is 0.628. The Hall–Kier alpha value is -1.47. The van der Waals surface area contributed by atoms with Gasteiger partial charge in [0.15, 0.2) is 0 Å². The molecule has 1 rings (SSSR count). The van der Waals surface area contributed by atoms with Crippen molar-refractivity contribution in [1.82, 2.24) is 20.1 Å². The van der Waals surface area contributed by atoms with E-state index < -0.39 is 0 Å². The van der Waals surface area contributed by atoms with Gasteiger partial charge < -0.3 is 14.4 Å². The van der Waals surface area contributed by atoms with Crippen molar-refractivity contribution in [2.24, 2.45) is 0 Å². The minimum Gasteiger partial charge on any atom is -0.380 e. The molecule has 0 saturated heterocycles. The molecule has 0 aliphatic carbocycles. The highest BCUT2D eigenvalue weighted by atomic mass is 16.5. The molecule has 0 radical (unpaired) electrons. The first-order valence-corrected chi connectivity index (χ1v) is 6.52. The Morgan fingerprint density at radius 3 is 2.21 bits per heavy atom. The number of aromatic amines is 1. The zero-order chi connectivity index (χ0) is 14.1. The van der Waals surface area contributed by atoms with Gasteiger partial charge in [-0.2, -0.15) is 0 Å². The van der Waals surface area contributed by atoms with Gasteiger partial charge in [-0.25, -0.2) is 4.98 Å². The molecule has 1 N–H and O–H groups in total. The molecule has 0 atom stereocenters. The average Bonchev–Trinajstić information content (AvgIpc) is 2.83. The van der Waals surface area contributed by atoms with Crippen LogP contribution in [-0.4, -0.2) is 65.5 Å². The molecule has 0 aliphatic rings. The molecule has 1 amide bonds. The number of rotatable bonds is 9. The van der Waals surface area contributed by atoms with E-state index in [2.05, 4.69) is 15.2 Å². The highest BCUT2D eigenvalue weighted by Gasteiger charge is 2.19. The van der Waals surface area contributed by atoms with E-state index in [9.17, 15) is 4.79 Å². The minimum absolute atomic E-state index is 0.186. The number of aromatic nitrogens is 3. The van der Waals surface area contributed by atoms with Crippen molar-refractivity contribution in [3.63, 3.8) is 0 Å². The van der Waals surface area contributed by atoms with Crippen LogP contribution in [-0.2, 0) is 9.47 Å². The molecule has 7 nitrogen and oxygen atoms in total.